The number of anilines is 3. The van der Waals surface area contributed by atoms with E-state index in [9.17, 15) is 9.59 Å². The van der Waals surface area contributed by atoms with Gasteiger partial charge >= 0.3 is 0 Å². The van der Waals surface area contributed by atoms with E-state index in [1.807, 2.05) is 97.9 Å². The van der Waals surface area contributed by atoms with Crippen molar-refractivity contribution in [3.8, 4) is 0 Å². The van der Waals surface area contributed by atoms with Gasteiger partial charge in [-0.05, 0) is 37.3 Å². The third kappa shape index (κ3) is 4.39. The maximum Gasteiger partial charge on any atom is 0.252 e. The third-order valence-corrected chi connectivity index (χ3v) is 5.41. The normalized spacial score (nSPS) is 15.5. The van der Waals surface area contributed by atoms with Gasteiger partial charge in [0.15, 0.2) is 0 Å². The summed E-state index contributed by atoms with van der Waals surface area (Å²) in [5.41, 5.74) is 4.93. The third-order valence-electron chi connectivity index (χ3n) is 5.41. The van der Waals surface area contributed by atoms with E-state index in [0.717, 1.165) is 22.5 Å². The molecule has 1 heterocycles. The Morgan fingerprint density at radius 1 is 0.969 bits per heavy atom. The second-order valence-electron chi connectivity index (χ2n) is 7.95. The summed E-state index contributed by atoms with van der Waals surface area (Å²) in [5.74, 6) is -0.470. The Hall–Kier alpha value is -3.93. The molecule has 1 aliphatic rings. The fraction of sp³-hybridized carbons (Fsp3) is 0.192. The number of nitrogens with zero attached hydrogens (tertiary/aromatic N) is 3. The van der Waals surface area contributed by atoms with Gasteiger partial charge in [-0.2, -0.15) is 0 Å². The van der Waals surface area contributed by atoms with Crippen LogP contribution in [-0.4, -0.2) is 44.2 Å². The van der Waals surface area contributed by atoms with Crippen LogP contribution in [0.25, 0.3) is 0 Å². The number of benzene rings is 3. The Kier molecular flexibility index (Phi) is 6.03. The van der Waals surface area contributed by atoms with Crippen molar-refractivity contribution in [2.45, 2.75) is 13.0 Å². The summed E-state index contributed by atoms with van der Waals surface area (Å²) in [4.78, 5) is 34.3. The highest BCUT2D eigenvalue weighted by atomic mass is 16.2. The van der Waals surface area contributed by atoms with Crippen LogP contribution in [0.2, 0.25) is 0 Å². The largest absolute Gasteiger partial charge is 0.378 e. The maximum absolute atomic E-state index is 13.2. The second-order valence-corrected chi connectivity index (χ2v) is 7.95. The molecular weight excluding hydrogens is 400 g/mol. The molecule has 1 aliphatic heterocycles. The fourth-order valence-electron chi connectivity index (χ4n) is 3.75. The molecule has 3 aromatic rings. The molecule has 0 saturated heterocycles. The van der Waals surface area contributed by atoms with Gasteiger partial charge in [0.2, 0.25) is 5.91 Å². The Bertz CT molecular complexity index is 1150. The molecule has 4 rings (SSSR count). The summed E-state index contributed by atoms with van der Waals surface area (Å²) >= 11 is 0. The average molecular weight is 427 g/mol. The first-order valence-electron chi connectivity index (χ1n) is 10.6. The molecule has 2 amide bonds. The molecule has 0 bridgehead atoms. The van der Waals surface area contributed by atoms with Gasteiger partial charge in [0.1, 0.15) is 12.6 Å². The molecule has 32 heavy (non-hydrogen) atoms. The summed E-state index contributed by atoms with van der Waals surface area (Å²) in [6.07, 6.45) is 0. The molecule has 1 atom stereocenters. The van der Waals surface area contributed by atoms with Crippen LogP contribution in [-0.2, 0) is 9.59 Å². The van der Waals surface area contributed by atoms with Crippen LogP contribution in [0.3, 0.4) is 0 Å². The minimum atomic E-state index is -0.607. The molecule has 3 aromatic carbocycles. The fourth-order valence-corrected chi connectivity index (χ4v) is 3.75. The van der Waals surface area contributed by atoms with Crippen molar-refractivity contribution in [1.29, 1.82) is 0 Å². The van der Waals surface area contributed by atoms with Crippen LogP contribution in [0, 0.1) is 0 Å². The predicted octanol–water partition coefficient (Wildman–Crippen LogP) is 3.96. The number of amides is 2. The quantitative estimate of drug-likeness (QED) is 0.672. The van der Waals surface area contributed by atoms with Gasteiger partial charge in [-0.3, -0.25) is 14.6 Å². The lowest BCUT2D eigenvalue weighted by Crippen LogP contribution is -2.42. The van der Waals surface area contributed by atoms with Crippen LogP contribution in [0.1, 0.15) is 18.1 Å². The lowest BCUT2D eigenvalue weighted by molar-refractivity contribution is -0.122. The number of carbonyl (C=O) groups excluding carboxylic acids is 2. The smallest absolute Gasteiger partial charge is 0.252 e. The van der Waals surface area contributed by atoms with E-state index in [-0.39, 0.29) is 18.4 Å². The Morgan fingerprint density at radius 2 is 1.62 bits per heavy atom. The standard InChI is InChI=1S/C26H26N4O2/c1-18-26(32)30(17-24(31)28-20-13-15-21(16-14-20)29(2)3)23-12-8-7-11-22(23)25(27-18)19-9-5-4-6-10-19/h4-16,18H,17H2,1-3H3,(H,28,31). The first kappa shape index (κ1) is 21.3. The zero-order valence-corrected chi connectivity index (χ0v) is 18.4. The molecule has 162 valence electrons. The molecule has 0 spiro atoms. The highest BCUT2D eigenvalue weighted by Crippen LogP contribution is 2.28. The Labute approximate surface area is 188 Å². The van der Waals surface area contributed by atoms with Crippen molar-refractivity contribution in [2.75, 3.05) is 35.8 Å². The average Bonchev–Trinajstić information content (AvgIpc) is 2.90. The molecule has 0 fully saturated rings. The van der Waals surface area contributed by atoms with Crippen molar-refractivity contribution < 1.29 is 9.59 Å². The number of aliphatic imine (C=N–C) groups is 1. The number of hydrogen-bond acceptors (Lipinski definition) is 4. The van der Waals surface area contributed by atoms with E-state index in [1.165, 1.54) is 4.90 Å². The van der Waals surface area contributed by atoms with Gasteiger partial charge < -0.3 is 15.1 Å². The molecule has 0 aliphatic carbocycles. The Morgan fingerprint density at radius 3 is 2.31 bits per heavy atom. The number of benzodiazepines with no additional fused rings is 1. The van der Waals surface area contributed by atoms with E-state index >= 15 is 0 Å². The number of carbonyl (C=O) groups is 2. The van der Waals surface area contributed by atoms with Crippen LogP contribution in [0.4, 0.5) is 17.1 Å². The summed E-state index contributed by atoms with van der Waals surface area (Å²) in [6, 6.07) is 24.4. The van der Waals surface area contributed by atoms with Crippen molar-refractivity contribution in [3.63, 3.8) is 0 Å². The monoisotopic (exact) mass is 426 g/mol. The number of fused-ring (bicyclic) bond motifs is 1. The molecule has 6 heteroatoms. The second kappa shape index (κ2) is 9.06. The van der Waals surface area contributed by atoms with E-state index in [4.69, 9.17) is 4.99 Å². The zero-order chi connectivity index (χ0) is 22.7. The van der Waals surface area contributed by atoms with Gasteiger partial charge in [-0.1, -0.05) is 48.5 Å². The van der Waals surface area contributed by atoms with Crippen LogP contribution >= 0.6 is 0 Å². The number of nitrogens with one attached hydrogen (secondary N) is 1. The van der Waals surface area contributed by atoms with E-state index in [0.29, 0.717) is 11.4 Å². The highest BCUT2D eigenvalue weighted by Gasteiger charge is 2.30. The summed E-state index contributed by atoms with van der Waals surface area (Å²) in [7, 11) is 3.92. The molecule has 1 unspecified atom stereocenters. The van der Waals surface area contributed by atoms with E-state index in [1.54, 1.807) is 6.92 Å². The van der Waals surface area contributed by atoms with Crippen molar-refractivity contribution in [1.82, 2.24) is 0 Å². The molecule has 6 nitrogen and oxygen atoms in total. The molecule has 0 saturated carbocycles. The van der Waals surface area contributed by atoms with Crippen molar-refractivity contribution in [2.24, 2.45) is 4.99 Å². The van der Waals surface area contributed by atoms with Crippen LogP contribution in [0.15, 0.2) is 83.9 Å². The van der Waals surface area contributed by atoms with Crippen molar-refractivity contribution in [3.05, 3.63) is 90.0 Å². The SMILES string of the molecule is CC1N=C(c2ccccc2)c2ccccc2N(CC(=O)Nc2ccc(N(C)C)cc2)C1=O. The van der Waals surface area contributed by atoms with Gasteiger partial charge in [0, 0.05) is 36.6 Å². The number of hydrogen-bond donors (Lipinski definition) is 1. The van der Waals surface area contributed by atoms with E-state index < -0.39 is 6.04 Å². The van der Waals surface area contributed by atoms with Crippen LogP contribution < -0.4 is 15.1 Å². The molecule has 0 aromatic heterocycles. The lowest BCUT2D eigenvalue weighted by atomic mass is 10.0. The van der Waals surface area contributed by atoms with Crippen LogP contribution in [0.5, 0.6) is 0 Å². The molecule has 0 radical (unpaired) electrons. The van der Waals surface area contributed by atoms with E-state index in [2.05, 4.69) is 5.32 Å². The minimum Gasteiger partial charge on any atom is -0.378 e. The van der Waals surface area contributed by atoms with Gasteiger partial charge in [0.05, 0.1) is 11.4 Å². The maximum atomic E-state index is 13.2. The summed E-state index contributed by atoms with van der Waals surface area (Å²) in [6.45, 7) is 1.68. The number of para-hydroxylation sites is 1. The lowest BCUT2D eigenvalue weighted by Gasteiger charge is -2.24. The van der Waals surface area contributed by atoms with Crippen molar-refractivity contribution >= 4 is 34.6 Å². The minimum absolute atomic E-state index is 0.0901. The topological polar surface area (TPSA) is 65.0 Å². The molecule has 1 N–H and O–H groups in total. The van der Waals surface area contributed by atoms with Gasteiger partial charge in [0.25, 0.3) is 5.91 Å². The first-order valence-corrected chi connectivity index (χ1v) is 10.6. The predicted molar refractivity (Wildman–Crippen MR) is 130 cm³/mol. The zero-order valence-electron chi connectivity index (χ0n) is 18.4. The summed E-state index contributed by atoms with van der Waals surface area (Å²) in [5, 5.41) is 2.90. The molecular formula is C26H26N4O2. The first-order chi connectivity index (χ1) is 15.4. The van der Waals surface area contributed by atoms with Gasteiger partial charge in [-0.15, -0.1) is 0 Å². The Balaban J connectivity index is 1.62. The van der Waals surface area contributed by atoms with Gasteiger partial charge in [-0.25, -0.2) is 0 Å². The number of rotatable bonds is 5. The highest BCUT2D eigenvalue weighted by molar-refractivity contribution is 6.20. The summed E-state index contributed by atoms with van der Waals surface area (Å²) < 4.78 is 0.